The summed E-state index contributed by atoms with van der Waals surface area (Å²) >= 11 is 0. The van der Waals surface area contributed by atoms with Crippen LogP contribution in [-0.4, -0.2) is 17.0 Å². The first-order valence-corrected chi connectivity index (χ1v) is 6.23. The van der Waals surface area contributed by atoms with Crippen molar-refractivity contribution in [2.75, 3.05) is 6.54 Å². The average molecular weight is 222 g/mol. The van der Waals surface area contributed by atoms with Gasteiger partial charge in [0.15, 0.2) is 0 Å². The lowest BCUT2D eigenvalue weighted by Crippen LogP contribution is -2.26. The molecule has 1 heterocycles. The van der Waals surface area contributed by atoms with Crippen LogP contribution in [0.4, 0.5) is 0 Å². The van der Waals surface area contributed by atoms with Gasteiger partial charge in [-0.1, -0.05) is 26.7 Å². The van der Waals surface area contributed by atoms with Crippen LogP contribution in [0.1, 0.15) is 50.0 Å². The summed E-state index contributed by atoms with van der Waals surface area (Å²) in [6, 6.07) is 3.82. The number of aryl methyl sites for hydroxylation is 1. The summed E-state index contributed by atoms with van der Waals surface area (Å²) in [6.07, 6.45) is 6.39. The van der Waals surface area contributed by atoms with E-state index in [4.69, 9.17) is 0 Å². The van der Waals surface area contributed by atoms with Crippen molar-refractivity contribution in [3.63, 3.8) is 0 Å². The molecule has 3 heteroatoms. The van der Waals surface area contributed by atoms with E-state index in [1.165, 1.54) is 0 Å². The Hall–Kier alpha value is -1.25. The molecule has 1 N–H and O–H groups in total. The molecule has 0 aliphatic heterocycles. The van der Waals surface area contributed by atoms with Crippen LogP contribution in [0, 0.1) is 0 Å². The Bertz CT molecular complexity index is 317. The zero-order valence-corrected chi connectivity index (χ0v) is 10.3. The highest BCUT2D eigenvalue weighted by Crippen LogP contribution is 2.04. The van der Waals surface area contributed by atoms with E-state index in [2.05, 4.69) is 19.2 Å². The smallest absolute Gasteiger partial charge is 0.267 e. The number of unbranched alkanes of at least 4 members (excludes halogenated alkanes) is 2. The molecule has 90 valence electrons. The van der Waals surface area contributed by atoms with Crippen LogP contribution in [0.25, 0.3) is 0 Å². The minimum atomic E-state index is 0.0505. The van der Waals surface area contributed by atoms with Gasteiger partial charge >= 0.3 is 0 Å². The number of carbonyl (C=O) groups excluding carboxylic acids is 1. The van der Waals surface area contributed by atoms with Crippen molar-refractivity contribution in [2.24, 2.45) is 0 Å². The molecule has 0 fully saturated rings. The quantitative estimate of drug-likeness (QED) is 0.707. The van der Waals surface area contributed by atoms with Crippen molar-refractivity contribution in [1.29, 1.82) is 0 Å². The first-order chi connectivity index (χ1) is 7.79. The highest BCUT2D eigenvalue weighted by atomic mass is 16.1. The number of rotatable bonds is 7. The highest BCUT2D eigenvalue weighted by molar-refractivity contribution is 5.92. The molecule has 0 aliphatic carbocycles. The molecule has 3 nitrogen and oxygen atoms in total. The first kappa shape index (κ1) is 12.8. The number of aromatic nitrogens is 1. The van der Waals surface area contributed by atoms with Gasteiger partial charge in [0.1, 0.15) is 5.69 Å². The van der Waals surface area contributed by atoms with E-state index in [0.717, 1.165) is 44.5 Å². The molecular weight excluding hydrogens is 200 g/mol. The minimum absolute atomic E-state index is 0.0505. The summed E-state index contributed by atoms with van der Waals surface area (Å²) < 4.78 is 2.03. The van der Waals surface area contributed by atoms with E-state index >= 15 is 0 Å². The van der Waals surface area contributed by atoms with Gasteiger partial charge < -0.3 is 9.88 Å². The molecule has 0 saturated carbocycles. The normalized spacial score (nSPS) is 10.4. The van der Waals surface area contributed by atoms with Gasteiger partial charge in [-0.2, -0.15) is 0 Å². The van der Waals surface area contributed by atoms with Gasteiger partial charge in [-0.05, 0) is 25.0 Å². The standard InChI is InChI=1S/C13H22N2O/c1-3-5-9-14-13(16)12-8-7-11-15(12)10-6-4-2/h7-8,11H,3-6,9-10H2,1-2H3,(H,14,16). The number of amides is 1. The summed E-state index contributed by atoms with van der Waals surface area (Å²) in [5.74, 6) is 0.0505. The van der Waals surface area contributed by atoms with Crippen LogP contribution in [0.3, 0.4) is 0 Å². The Labute approximate surface area is 97.8 Å². The molecule has 1 rings (SSSR count). The number of carbonyl (C=O) groups is 1. The highest BCUT2D eigenvalue weighted by Gasteiger charge is 2.08. The Morgan fingerprint density at radius 2 is 2.06 bits per heavy atom. The van der Waals surface area contributed by atoms with E-state index in [0.29, 0.717) is 0 Å². The van der Waals surface area contributed by atoms with Gasteiger partial charge in [-0.25, -0.2) is 0 Å². The van der Waals surface area contributed by atoms with Gasteiger partial charge in [-0.15, -0.1) is 0 Å². The second kappa shape index (κ2) is 7.09. The fourth-order valence-electron chi connectivity index (χ4n) is 1.61. The van der Waals surface area contributed by atoms with Crippen LogP contribution in [0.5, 0.6) is 0 Å². The van der Waals surface area contributed by atoms with Crippen LogP contribution in [-0.2, 0) is 6.54 Å². The molecule has 1 amide bonds. The summed E-state index contributed by atoms with van der Waals surface area (Å²) in [5, 5.41) is 2.94. The zero-order valence-electron chi connectivity index (χ0n) is 10.3. The Morgan fingerprint density at radius 1 is 1.31 bits per heavy atom. The molecule has 0 spiro atoms. The average Bonchev–Trinajstić information content (AvgIpc) is 2.74. The molecule has 1 aromatic rings. The van der Waals surface area contributed by atoms with Gasteiger partial charge in [0.05, 0.1) is 0 Å². The first-order valence-electron chi connectivity index (χ1n) is 6.23. The molecule has 0 aliphatic rings. The van der Waals surface area contributed by atoms with Crippen molar-refractivity contribution >= 4 is 5.91 Å². The van der Waals surface area contributed by atoms with Crippen molar-refractivity contribution in [1.82, 2.24) is 9.88 Å². The number of hydrogen-bond donors (Lipinski definition) is 1. The van der Waals surface area contributed by atoms with Crippen LogP contribution in [0.2, 0.25) is 0 Å². The van der Waals surface area contributed by atoms with E-state index in [1.54, 1.807) is 0 Å². The molecule has 0 aromatic carbocycles. The molecule has 0 radical (unpaired) electrons. The lowest BCUT2D eigenvalue weighted by atomic mass is 10.3. The fraction of sp³-hybridized carbons (Fsp3) is 0.615. The van der Waals surface area contributed by atoms with E-state index in [1.807, 2.05) is 22.9 Å². The fourth-order valence-corrected chi connectivity index (χ4v) is 1.61. The van der Waals surface area contributed by atoms with E-state index in [9.17, 15) is 4.79 Å². The molecule has 0 bridgehead atoms. The maximum atomic E-state index is 11.8. The van der Waals surface area contributed by atoms with E-state index in [-0.39, 0.29) is 5.91 Å². The van der Waals surface area contributed by atoms with Gasteiger partial charge in [0, 0.05) is 19.3 Å². The summed E-state index contributed by atoms with van der Waals surface area (Å²) in [6.45, 7) is 5.98. The van der Waals surface area contributed by atoms with Crippen molar-refractivity contribution < 1.29 is 4.79 Å². The second-order valence-corrected chi connectivity index (χ2v) is 4.05. The maximum absolute atomic E-state index is 11.8. The maximum Gasteiger partial charge on any atom is 0.267 e. The number of hydrogen-bond acceptors (Lipinski definition) is 1. The van der Waals surface area contributed by atoms with Crippen LogP contribution in [0.15, 0.2) is 18.3 Å². The van der Waals surface area contributed by atoms with Crippen LogP contribution >= 0.6 is 0 Å². The summed E-state index contributed by atoms with van der Waals surface area (Å²) in [5.41, 5.74) is 0.782. The Morgan fingerprint density at radius 3 is 2.75 bits per heavy atom. The lowest BCUT2D eigenvalue weighted by molar-refractivity contribution is 0.0943. The van der Waals surface area contributed by atoms with Gasteiger partial charge in [0.2, 0.25) is 0 Å². The second-order valence-electron chi connectivity index (χ2n) is 4.05. The molecule has 0 unspecified atom stereocenters. The topological polar surface area (TPSA) is 34.0 Å². The Balaban J connectivity index is 2.50. The third-order valence-electron chi connectivity index (χ3n) is 2.63. The number of nitrogens with zero attached hydrogens (tertiary/aromatic N) is 1. The molecular formula is C13H22N2O. The number of nitrogens with one attached hydrogen (secondary N) is 1. The van der Waals surface area contributed by atoms with E-state index < -0.39 is 0 Å². The van der Waals surface area contributed by atoms with Gasteiger partial charge in [0.25, 0.3) is 5.91 Å². The summed E-state index contributed by atoms with van der Waals surface area (Å²) in [4.78, 5) is 11.8. The van der Waals surface area contributed by atoms with Crippen molar-refractivity contribution in [3.8, 4) is 0 Å². The molecule has 0 atom stereocenters. The minimum Gasteiger partial charge on any atom is -0.351 e. The zero-order chi connectivity index (χ0) is 11.8. The molecule has 16 heavy (non-hydrogen) atoms. The third kappa shape index (κ3) is 3.72. The molecule has 0 saturated heterocycles. The molecule has 1 aromatic heterocycles. The van der Waals surface area contributed by atoms with Crippen molar-refractivity contribution in [2.45, 2.75) is 46.1 Å². The SMILES string of the molecule is CCCCNC(=O)c1cccn1CCCC. The largest absolute Gasteiger partial charge is 0.351 e. The van der Waals surface area contributed by atoms with Gasteiger partial charge in [-0.3, -0.25) is 4.79 Å². The Kier molecular flexibility index (Phi) is 5.68. The van der Waals surface area contributed by atoms with Crippen LogP contribution < -0.4 is 5.32 Å². The lowest BCUT2D eigenvalue weighted by Gasteiger charge is -2.08. The summed E-state index contributed by atoms with van der Waals surface area (Å²) in [7, 11) is 0. The predicted octanol–water partition coefficient (Wildman–Crippen LogP) is 2.82. The predicted molar refractivity (Wildman–Crippen MR) is 66.6 cm³/mol. The third-order valence-corrected chi connectivity index (χ3v) is 2.63. The van der Waals surface area contributed by atoms with Crippen molar-refractivity contribution in [3.05, 3.63) is 24.0 Å². The monoisotopic (exact) mass is 222 g/mol.